The molecule has 0 aliphatic heterocycles. The second-order valence-electron chi connectivity index (χ2n) is 2.99. The lowest BCUT2D eigenvalue weighted by atomic mass is 10.00. The van der Waals surface area contributed by atoms with Crippen LogP contribution in [0.3, 0.4) is 0 Å². The highest BCUT2D eigenvalue weighted by atomic mass is 14.6. The molecule has 55 valence electrons. The summed E-state index contributed by atoms with van der Waals surface area (Å²) in [6, 6.07) is 0.171. The lowest BCUT2D eigenvalue weighted by Gasteiger charge is -2.12. The van der Waals surface area contributed by atoms with Crippen LogP contribution in [-0.2, 0) is 0 Å². The molecule has 1 atom stereocenters. The normalized spacial score (nSPS) is 14.3. The first-order valence-corrected chi connectivity index (χ1v) is 3.89. The summed E-state index contributed by atoms with van der Waals surface area (Å²) in [5, 5.41) is 0. The molecule has 0 saturated carbocycles. The van der Waals surface area contributed by atoms with Crippen molar-refractivity contribution < 1.29 is 0 Å². The van der Waals surface area contributed by atoms with Crippen molar-refractivity contribution in [2.75, 3.05) is 0 Å². The second-order valence-corrected chi connectivity index (χ2v) is 2.99. The van der Waals surface area contributed by atoms with E-state index in [4.69, 9.17) is 5.73 Å². The molecule has 0 amide bonds. The van der Waals surface area contributed by atoms with Gasteiger partial charge in [-0.3, -0.25) is 5.73 Å². The van der Waals surface area contributed by atoms with Gasteiger partial charge in [-0.05, 0) is 12.3 Å². The molecule has 0 aromatic rings. The molecule has 0 aliphatic rings. The van der Waals surface area contributed by atoms with E-state index < -0.39 is 0 Å². The van der Waals surface area contributed by atoms with E-state index in [1.807, 2.05) is 0 Å². The van der Waals surface area contributed by atoms with Crippen LogP contribution in [0.1, 0.15) is 40.0 Å². The second kappa shape index (κ2) is 4.80. The van der Waals surface area contributed by atoms with E-state index in [2.05, 4.69) is 20.8 Å². The van der Waals surface area contributed by atoms with Crippen molar-refractivity contribution in [3.8, 4) is 0 Å². The standard InChI is InChI=1S/C8H18N/c1-4-5-6-8(9)7(2)3/h7-9H,4-6H2,1-3H3. The van der Waals surface area contributed by atoms with Crippen molar-refractivity contribution in [1.82, 2.24) is 5.73 Å². The number of rotatable bonds is 4. The zero-order valence-corrected chi connectivity index (χ0v) is 6.78. The Morgan fingerprint density at radius 3 is 2.22 bits per heavy atom. The summed E-state index contributed by atoms with van der Waals surface area (Å²) in [4.78, 5) is 0. The Morgan fingerprint density at radius 1 is 1.33 bits per heavy atom. The average Bonchev–Trinajstić information content (AvgIpc) is 1.82. The average molecular weight is 128 g/mol. The summed E-state index contributed by atoms with van der Waals surface area (Å²) in [6.07, 6.45) is 3.52. The van der Waals surface area contributed by atoms with Gasteiger partial charge in [0.05, 0.1) is 0 Å². The highest BCUT2D eigenvalue weighted by Gasteiger charge is 2.05. The van der Waals surface area contributed by atoms with Crippen molar-refractivity contribution in [1.29, 1.82) is 0 Å². The summed E-state index contributed by atoms with van der Waals surface area (Å²) in [7, 11) is 0. The minimum absolute atomic E-state index is 0.171. The summed E-state index contributed by atoms with van der Waals surface area (Å²) < 4.78 is 0. The van der Waals surface area contributed by atoms with Gasteiger partial charge in [0.25, 0.3) is 0 Å². The van der Waals surface area contributed by atoms with Crippen molar-refractivity contribution in [2.45, 2.75) is 46.1 Å². The third-order valence-corrected chi connectivity index (χ3v) is 1.67. The number of hydrogen-bond acceptors (Lipinski definition) is 0. The Hall–Kier alpha value is -0.0400. The van der Waals surface area contributed by atoms with Gasteiger partial charge in [-0.25, -0.2) is 0 Å². The molecule has 0 aliphatic carbocycles. The fraction of sp³-hybridized carbons (Fsp3) is 1.00. The maximum atomic E-state index is 7.53. The SMILES string of the molecule is CCCCC([NH])C(C)C. The van der Waals surface area contributed by atoms with E-state index in [1.165, 1.54) is 12.8 Å². The maximum Gasteiger partial charge on any atom is 0.0236 e. The number of nitrogens with one attached hydrogen (secondary N) is 1. The van der Waals surface area contributed by atoms with E-state index in [0.717, 1.165) is 6.42 Å². The quantitative estimate of drug-likeness (QED) is 0.555. The molecule has 1 nitrogen and oxygen atoms in total. The van der Waals surface area contributed by atoms with Gasteiger partial charge in [0, 0.05) is 6.04 Å². The molecule has 1 heteroatoms. The lowest BCUT2D eigenvalue weighted by Crippen LogP contribution is -2.16. The van der Waals surface area contributed by atoms with Crippen molar-refractivity contribution >= 4 is 0 Å². The van der Waals surface area contributed by atoms with E-state index >= 15 is 0 Å². The van der Waals surface area contributed by atoms with Crippen LogP contribution >= 0.6 is 0 Å². The molecule has 0 spiro atoms. The van der Waals surface area contributed by atoms with Crippen LogP contribution in [0, 0.1) is 5.92 Å². The van der Waals surface area contributed by atoms with Crippen molar-refractivity contribution in [3.05, 3.63) is 0 Å². The van der Waals surface area contributed by atoms with Gasteiger partial charge < -0.3 is 0 Å². The molecule has 0 rings (SSSR count). The van der Waals surface area contributed by atoms with Crippen molar-refractivity contribution in [3.63, 3.8) is 0 Å². The summed E-state index contributed by atoms with van der Waals surface area (Å²) in [6.45, 7) is 6.41. The molecule has 0 bridgehead atoms. The predicted octanol–water partition coefficient (Wildman–Crippen LogP) is 2.48. The van der Waals surface area contributed by atoms with Gasteiger partial charge in [0.15, 0.2) is 0 Å². The summed E-state index contributed by atoms with van der Waals surface area (Å²) in [5.41, 5.74) is 7.53. The van der Waals surface area contributed by atoms with Gasteiger partial charge >= 0.3 is 0 Å². The van der Waals surface area contributed by atoms with Gasteiger partial charge in [-0.1, -0.05) is 33.6 Å². The van der Waals surface area contributed by atoms with Gasteiger partial charge in [0.1, 0.15) is 0 Å². The molecule has 1 radical (unpaired) electrons. The Labute approximate surface area is 58.6 Å². The fourth-order valence-electron chi connectivity index (χ4n) is 0.757. The van der Waals surface area contributed by atoms with Crippen LogP contribution in [0.25, 0.3) is 0 Å². The monoisotopic (exact) mass is 128 g/mol. The molecular weight excluding hydrogens is 110 g/mol. The smallest absolute Gasteiger partial charge is 0.0236 e. The van der Waals surface area contributed by atoms with Crippen molar-refractivity contribution in [2.24, 2.45) is 5.92 Å². The Morgan fingerprint density at radius 2 is 1.89 bits per heavy atom. The van der Waals surface area contributed by atoms with Gasteiger partial charge in [-0.2, -0.15) is 0 Å². The Balaban J connectivity index is 3.16. The van der Waals surface area contributed by atoms with Crippen LogP contribution in [-0.4, -0.2) is 6.04 Å². The van der Waals surface area contributed by atoms with E-state index in [0.29, 0.717) is 5.92 Å². The molecule has 1 N–H and O–H groups in total. The highest BCUT2D eigenvalue weighted by molar-refractivity contribution is 4.63. The first kappa shape index (κ1) is 8.96. The van der Waals surface area contributed by atoms with E-state index in [-0.39, 0.29) is 6.04 Å². The van der Waals surface area contributed by atoms with E-state index in [9.17, 15) is 0 Å². The first-order valence-electron chi connectivity index (χ1n) is 3.89. The molecule has 0 fully saturated rings. The predicted molar refractivity (Wildman–Crippen MR) is 41.2 cm³/mol. The zero-order chi connectivity index (χ0) is 7.28. The van der Waals surface area contributed by atoms with Gasteiger partial charge in [-0.15, -0.1) is 0 Å². The molecule has 0 aromatic carbocycles. The number of hydrogen-bond donors (Lipinski definition) is 0. The zero-order valence-electron chi connectivity index (χ0n) is 6.78. The molecule has 0 aromatic heterocycles. The first-order chi connectivity index (χ1) is 4.18. The molecule has 9 heavy (non-hydrogen) atoms. The molecule has 1 unspecified atom stereocenters. The maximum absolute atomic E-state index is 7.53. The third kappa shape index (κ3) is 4.46. The summed E-state index contributed by atoms with van der Waals surface area (Å²) >= 11 is 0. The van der Waals surface area contributed by atoms with Crippen LogP contribution in [0.4, 0.5) is 0 Å². The van der Waals surface area contributed by atoms with E-state index in [1.54, 1.807) is 0 Å². The highest BCUT2D eigenvalue weighted by Crippen LogP contribution is 2.07. The fourth-order valence-corrected chi connectivity index (χ4v) is 0.757. The summed E-state index contributed by atoms with van der Waals surface area (Å²) in [5.74, 6) is 0.538. The molecule has 0 saturated heterocycles. The third-order valence-electron chi connectivity index (χ3n) is 1.67. The molecular formula is C8H18N. The van der Waals surface area contributed by atoms with Gasteiger partial charge in [0.2, 0.25) is 0 Å². The minimum atomic E-state index is 0.171. The van der Waals surface area contributed by atoms with Crippen LogP contribution in [0.15, 0.2) is 0 Å². The molecule has 0 heterocycles. The number of unbranched alkanes of at least 4 members (excludes halogenated alkanes) is 1. The Kier molecular flexibility index (Phi) is 4.78. The topological polar surface area (TPSA) is 23.8 Å². The van der Waals surface area contributed by atoms with Crippen LogP contribution in [0.5, 0.6) is 0 Å². The minimum Gasteiger partial charge on any atom is -0.254 e. The lowest BCUT2D eigenvalue weighted by molar-refractivity contribution is 0.438. The van der Waals surface area contributed by atoms with Crippen LogP contribution < -0.4 is 5.73 Å². The Bertz CT molecular complexity index is 59.6. The van der Waals surface area contributed by atoms with Crippen LogP contribution in [0.2, 0.25) is 0 Å². The largest absolute Gasteiger partial charge is 0.254 e.